The molecule has 19 heavy (non-hydrogen) atoms. The summed E-state index contributed by atoms with van der Waals surface area (Å²) in [5, 5.41) is 6.57. The van der Waals surface area contributed by atoms with E-state index >= 15 is 0 Å². The van der Waals surface area contributed by atoms with Crippen LogP contribution in [0.25, 0.3) is 0 Å². The lowest BCUT2D eigenvalue weighted by Gasteiger charge is -2.28. The van der Waals surface area contributed by atoms with Crippen molar-refractivity contribution in [2.24, 2.45) is 11.8 Å². The van der Waals surface area contributed by atoms with Gasteiger partial charge in [0.15, 0.2) is 0 Å². The number of hydrogen-bond donors (Lipinski definition) is 2. The first-order valence-electron chi connectivity index (χ1n) is 7.08. The van der Waals surface area contributed by atoms with Crippen LogP contribution in [-0.2, 0) is 0 Å². The molecule has 2 rings (SSSR count). The maximum atomic E-state index is 5.89. The summed E-state index contributed by atoms with van der Waals surface area (Å²) in [4.78, 5) is 12.4. The van der Waals surface area contributed by atoms with Crippen molar-refractivity contribution >= 4 is 23.5 Å². The zero-order valence-electron chi connectivity index (χ0n) is 11.6. The van der Waals surface area contributed by atoms with Gasteiger partial charge in [0, 0.05) is 13.1 Å². The smallest absolute Gasteiger partial charge is 0.228 e. The molecule has 0 spiro atoms. The second kappa shape index (κ2) is 6.89. The van der Waals surface area contributed by atoms with E-state index in [-0.39, 0.29) is 5.28 Å². The van der Waals surface area contributed by atoms with Crippen LogP contribution < -0.4 is 10.6 Å². The molecule has 5 nitrogen and oxygen atoms in total. The van der Waals surface area contributed by atoms with Gasteiger partial charge in [-0.05, 0) is 36.8 Å². The van der Waals surface area contributed by atoms with Crippen LogP contribution in [0.15, 0.2) is 0 Å². The lowest BCUT2D eigenvalue weighted by molar-refractivity contribution is 0.268. The molecule has 1 aliphatic carbocycles. The van der Waals surface area contributed by atoms with E-state index in [0.29, 0.717) is 17.8 Å². The van der Waals surface area contributed by atoms with Gasteiger partial charge in [-0.2, -0.15) is 15.0 Å². The number of nitrogens with zero attached hydrogens (tertiary/aromatic N) is 3. The molecule has 106 valence electrons. The van der Waals surface area contributed by atoms with Crippen LogP contribution in [0.1, 0.15) is 39.5 Å². The molecule has 1 aliphatic rings. The number of rotatable bonds is 5. The van der Waals surface area contributed by atoms with Gasteiger partial charge >= 0.3 is 0 Å². The van der Waals surface area contributed by atoms with Crippen molar-refractivity contribution in [3.63, 3.8) is 0 Å². The normalized spacial score (nSPS) is 23.1. The van der Waals surface area contributed by atoms with Gasteiger partial charge in [-0.1, -0.05) is 26.2 Å². The van der Waals surface area contributed by atoms with E-state index in [1.54, 1.807) is 0 Å². The summed E-state index contributed by atoms with van der Waals surface area (Å²) in [6.45, 7) is 6.00. The molecule has 1 aromatic heterocycles. The summed E-state index contributed by atoms with van der Waals surface area (Å²) < 4.78 is 0. The quantitative estimate of drug-likeness (QED) is 0.869. The van der Waals surface area contributed by atoms with Gasteiger partial charge in [0.25, 0.3) is 0 Å². The fourth-order valence-electron chi connectivity index (χ4n) is 2.59. The van der Waals surface area contributed by atoms with Crippen LogP contribution in [0.4, 0.5) is 11.9 Å². The van der Waals surface area contributed by atoms with Crippen LogP contribution in [-0.4, -0.2) is 28.0 Å². The maximum absolute atomic E-state index is 5.89. The van der Waals surface area contributed by atoms with Crippen LogP contribution in [0.3, 0.4) is 0 Å². The monoisotopic (exact) mass is 283 g/mol. The fourth-order valence-corrected chi connectivity index (χ4v) is 2.75. The second-order valence-corrected chi connectivity index (χ2v) is 5.52. The average Bonchev–Trinajstić information content (AvgIpc) is 2.37. The molecular formula is C13H22ClN5. The Morgan fingerprint density at radius 3 is 2.47 bits per heavy atom. The van der Waals surface area contributed by atoms with E-state index in [1.807, 2.05) is 6.92 Å². The van der Waals surface area contributed by atoms with Crippen LogP contribution in [0.5, 0.6) is 0 Å². The molecule has 0 saturated heterocycles. The first kappa shape index (κ1) is 14.3. The van der Waals surface area contributed by atoms with Crippen LogP contribution in [0.2, 0.25) is 5.28 Å². The van der Waals surface area contributed by atoms with Crippen molar-refractivity contribution in [1.29, 1.82) is 0 Å². The van der Waals surface area contributed by atoms with Gasteiger partial charge in [-0.25, -0.2) is 0 Å². The van der Waals surface area contributed by atoms with E-state index < -0.39 is 0 Å². The van der Waals surface area contributed by atoms with Gasteiger partial charge in [0.1, 0.15) is 0 Å². The molecule has 2 atom stereocenters. The highest BCUT2D eigenvalue weighted by atomic mass is 35.5. The van der Waals surface area contributed by atoms with Gasteiger partial charge in [-0.3, -0.25) is 0 Å². The Hall–Kier alpha value is -1.10. The summed E-state index contributed by atoms with van der Waals surface area (Å²) in [6.07, 6.45) is 5.30. The van der Waals surface area contributed by atoms with Crippen LogP contribution >= 0.6 is 11.6 Å². The molecule has 6 heteroatoms. The highest BCUT2D eigenvalue weighted by Gasteiger charge is 2.21. The Morgan fingerprint density at radius 1 is 1.11 bits per heavy atom. The van der Waals surface area contributed by atoms with Crippen molar-refractivity contribution in [2.45, 2.75) is 39.5 Å². The van der Waals surface area contributed by atoms with E-state index in [0.717, 1.165) is 19.0 Å². The first-order chi connectivity index (χ1) is 9.19. The summed E-state index contributed by atoms with van der Waals surface area (Å²) in [5.74, 6) is 2.56. The number of aromatic nitrogens is 3. The predicted octanol–water partition coefficient (Wildman–Crippen LogP) is 3.20. The largest absolute Gasteiger partial charge is 0.354 e. The first-order valence-corrected chi connectivity index (χ1v) is 7.46. The van der Waals surface area contributed by atoms with Crippen molar-refractivity contribution < 1.29 is 0 Å². The van der Waals surface area contributed by atoms with E-state index in [1.165, 1.54) is 25.7 Å². The van der Waals surface area contributed by atoms with Crippen molar-refractivity contribution in [1.82, 2.24) is 15.0 Å². The number of nitrogens with one attached hydrogen (secondary N) is 2. The molecule has 0 bridgehead atoms. The highest BCUT2D eigenvalue weighted by molar-refractivity contribution is 6.28. The van der Waals surface area contributed by atoms with Crippen LogP contribution in [0, 0.1) is 11.8 Å². The molecule has 1 heterocycles. The second-order valence-electron chi connectivity index (χ2n) is 5.18. The van der Waals surface area contributed by atoms with Crippen molar-refractivity contribution in [3.05, 3.63) is 5.28 Å². The van der Waals surface area contributed by atoms with Gasteiger partial charge in [0.05, 0.1) is 0 Å². The summed E-state index contributed by atoms with van der Waals surface area (Å²) in [7, 11) is 0. The Morgan fingerprint density at radius 2 is 1.79 bits per heavy atom. The molecule has 0 aromatic carbocycles. The molecule has 1 fully saturated rings. The van der Waals surface area contributed by atoms with Gasteiger partial charge in [-0.15, -0.1) is 0 Å². The van der Waals surface area contributed by atoms with E-state index in [9.17, 15) is 0 Å². The highest BCUT2D eigenvalue weighted by Crippen LogP contribution is 2.29. The Bertz CT molecular complexity index is 412. The fraction of sp³-hybridized carbons (Fsp3) is 0.769. The zero-order chi connectivity index (χ0) is 13.7. The van der Waals surface area contributed by atoms with Crippen molar-refractivity contribution in [3.8, 4) is 0 Å². The number of halogens is 1. The molecule has 0 amide bonds. The summed E-state index contributed by atoms with van der Waals surface area (Å²) >= 11 is 5.89. The molecule has 0 aliphatic heterocycles. The lowest BCUT2D eigenvalue weighted by atomic mass is 9.80. The minimum absolute atomic E-state index is 0.227. The molecule has 1 aromatic rings. The zero-order valence-corrected chi connectivity index (χ0v) is 12.4. The third kappa shape index (κ3) is 4.20. The minimum atomic E-state index is 0.227. The maximum Gasteiger partial charge on any atom is 0.228 e. The third-order valence-corrected chi connectivity index (χ3v) is 3.92. The lowest BCUT2D eigenvalue weighted by Crippen LogP contribution is -2.25. The van der Waals surface area contributed by atoms with Crippen molar-refractivity contribution in [2.75, 3.05) is 23.7 Å². The SMILES string of the molecule is CCNc1nc(Cl)nc(NCC2CCCCC2C)n1. The Kier molecular flexibility index (Phi) is 5.19. The van der Waals surface area contributed by atoms with E-state index in [4.69, 9.17) is 11.6 Å². The molecule has 2 unspecified atom stereocenters. The standard InChI is InChI=1S/C13H22ClN5/c1-3-15-12-17-11(14)18-13(19-12)16-8-10-7-5-4-6-9(10)2/h9-10H,3-8H2,1-2H3,(H2,15,16,17,18,19). The molecule has 2 N–H and O–H groups in total. The van der Waals surface area contributed by atoms with Gasteiger partial charge in [0.2, 0.25) is 17.2 Å². The summed E-state index contributed by atoms with van der Waals surface area (Å²) in [5.41, 5.74) is 0. The topological polar surface area (TPSA) is 62.7 Å². The minimum Gasteiger partial charge on any atom is -0.354 e. The molecule has 1 saturated carbocycles. The average molecular weight is 284 g/mol. The predicted molar refractivity (Wildman–Crippen MR) is 78.6 cm³/mol. The Labute approximate surface area is 119 Å². The summed E-state index contributed by atoms with van der Waals surface area (Å²) in [6, 6.07) is 0. The third-order valence-electron chi connectivity index (χ3n) is 3.75. The molecule has 0 radical (unpaired) electrons. The Balaban J connectivity index is 1.94. The van der Waals surface area contributed by atoms with Gasteiger partial charge < -0.3 is 10.6 Å². The number of hydrogen-bond acceptors (Lipinski definition) is 5. The molecular weight excluding hydrogens is 262 g/mol. The van der Waals surface area contributed by atoms with E-state index in [2.05, 4.69) is 32.5 Å². The number of anilines is 2.